The van der Waals surface area contributed by atoms with E-state index in [4.69, 9.17) is 5.11 Å². The van der Waals surface area contributed by atoms with Crippen molar-refractivity contribution in [3.8, 4) is 0 Å². The molecule has 0 saturated heterocycles. The molecule has 0 spiro atoms. The van der Waals surface area contributed by atoms with Crippen molar-refractivity contribution in [2.24, 2.45) is 5.92 Å². The molecule has 0 radical (unpaired) electrons. The molecule has 1 aromatic rings. The van der Waals surface area contributed by atoms with Gasteiger partial charge in [-0.2, -0.15) is 0 Å². The lowest BCUT2D eigenvalue weighted by Gasteiger charge is -2.16. The Morgan fingerprint density at radius 3 is 2.94 bits per heavy atom. The highest BCUT2D eigenvalue weighted by molar-refractivity contribution is 7.99. The second kappa shape index (κ2) is 5.60. The summed E-state index contributed by atoms with van der Waals surface area (Å²) in [6.07, 6.45) is 4.31. The van der Waals surface area contributed by atoms with E-state index in [1.807, 2.05) is 6.92 Å². The van der Waals surface area contributed by atoms with Gasteiger partial charge < -0.3 is 5.11 Å². The summed E-state index contributed by atoms with van der Waals surface area (Å²) < 4.78 is 1.62. The minimum Gasteiger partial charge on any atom is -0.481 e. The Hall–Kier alpha value is -1.24. The number of thioether (sulfide) groups is 1. The van der Waals surface area contributed by atoms with Gasteiger partial charge in [0.25, 0.3) is 0 Å². The largest absolute Gasteiger partial charge is 0.481 e. The number of aliphatic carboxylic acids is 1. The fourth-order valence-electron chi connectivity index (χ4n) is 2.03. The number of rotatable bonds is 7. The van der Waals surface area contributed by atoms with E-state index < -0.39 is 5.97 Å². The number of carboxylic acids is 1. The van der Waals surface area contributed by atoms with Crippen LogP contribution in [0.1, 0.15) is 38.6 Å². The number of carbonyl (C=O) groups is 1. The van der Waals surface area contributed by atoms with Crippen molar-refractivity contribution in [1.29, 1.82) is 0 Å². The topological polar surface area (TPSA) is 88.0 Å². The number of aromatic nitrogens is 3. The minimum atomic E-state index is -0.905. The van der Waals surface area contributed by atoms with Crippen molar-refractivity contribution >= 4 is 17.7 Å². The minimum absolute atomic E-state index is 0.0792. The van der Waals surface area contributed by atoms with Crippen LogP contribution in [0.15, 0.2) is 9.95 Å². The summed E-state index contributed by atoms with van der Waals surface area (Å²) in [7, 11) is 0. The van der Waals surface area contributed by atoms with E-state index in [-0.39, 0.29) is 17.5 Å². The van der Waals surface area contributed by atoms with E-state index in [1.54, 1.807) is 4.57 Å². The van der Waals surface area contributed by atoms with Crippen LogP contribution in [-0.4, -0.2) is 31.6 Å². The average molecular weight is 271 g/mol. The Balaban J connectivity index is 2.15. The summed E-state index contributed by atoms with van der Waals surface area (Å²) in [5.41, 5.74) is -0.240. The van der Waals surface area contributed by atoms with E-state index in [2.05, 4.69) is 10.2 Å². The maximum Gasteiger partial charge on any atom is 0.344 e. The fourth-order valence-corrected chi connectivity index (χ4v) is 2.77. The second-order valence-corrected chi connectivity index (χ2v) is 5.55. The van der Waals surface area contributed by atoms with Gasteiger partial charge in [0.15, 0.2) is 5.16 Å². The third-order valence-electron chi connectivity index (χ3n) is 3.14. The highest BCUT2D eigenvalue weighted by Gasteiger charge is 2.27. The molecule has 1 saturated carbocycles. The molecule has 1 fully saturated rings. The van der Waals surface area contributed by atoms with Crippen molar-refractivity contribution < 1.29 is 9.90 Å². The third-order valence-corrected chi connectivity index (χ3v) is 4.07. The Morgan fingerprint density at radius 2 is 2.39 bits per heavy atom. The lowest BCUT2D eigenvalue weighted by molar-refractivity contribution is -0.133. The standard InChI is InChI=1S/C11H17N3O3S/c1-2-8(5-7-3-4-7)14-10(17)12-13-11(14)18-6-9(15)16/h7-8H,2-6H2,1H3,(H,12,17)(H,15,16). The number of carboxylic acid groups (broad SMARTS) is 1. The van der Waals surface area contributed by atoms with Gasteiger partial charge in [-0.1, -0.05) is 31.5 Å². The van der Waals surface area contributed by atoms with E-state index in [1.165, 1.54) is 12.8 Å². The van der Waals surface area contributed by atoms with Gasteiger partial charge in [-0.25, -0.2) is 9.89 Å². The van der Waals surface area contributed by atoms with Crippen molar-refractivity contribution in [3.63, 3.8) is 0 Å². The van der Waals surface area contributed by atoms with Crippen LogP contribution in [0.5, 0.6) is 0 Å². The van der Waals surface area contributed by atoms with E-state index in [0.29, 0.717) is 11.1 Å². The van der Waals surface area contributed by atoms with Crippen LogP contribution in [0.25, 0.3) is 0 Å². The van der Waals surface area contributed by atoms with Crippen molar-refractivity contribution in [2.45, 2.75) is 43.8 Å². The molecule has 2 N–H and O–H groups in total. The van der Waals surface area contributed by atoms with Gasteiger partial charge in [0.1, 0.15) is 0 Å². The molecule has 18 heavy (non-hydrogen) atoms. The van der Waals surface area contributed by atoms with Crippen LogP contribution in [-0.2, 0) is 4.79 Å². The molecule has 6 nitrogen and oxygen atoms in total. The van der Waals surface area contributed by atoms with Crippen molar-refractivity contribution in [2.75, 3.05) is 5.75 Å². The van der Waals surface area contributed by atoms with E-state index in [0.717, 1.165) is 24.6 Å². The molecule has 1 atom stereocenters. The average Bonchev–Trinajstić information content (AvgIpc) is 3.07. The molecular weight excluding hydrogens is 254 g/mol. The SMILES string of the molecule is CCC(CC1CC1)n1c(SCC(=O)O)n[nH]c1=O. The number of aromatic amines is 1. The molecule has 2 rings (SSSR count). The van der Waals surface area contributed by atoms with Crippen LogP contribution in [0.4, 0.5) is 0 Å². The molecule has 1 heterocycles. The molecule has 1 aromatic heterocycles. The summed E-state index contributed by atoms with van der Waals surface area (Å²) in [5.74, 6) is -0.268. The maximum absolute atomic E-state index is 11.8. The van der Waals surface area contributed by atoms with Crippen molar-refractivity contribution in [3.05, 3.63) is 10.5 Å². The molecule has 0 amide bonds. The first-order valence-corrected chi connectivity index (χ1v) is 7.11. The van der Waals surface area contributed by atoms with Gasteiger partial charge in [-0.05, 0) is 18.8 Å². The zero-order valence-corrected chi connectivity index (χ0v) is 11.1. The number of H-pyrrole nitrogens is 1. The summed E-state index contributed by atoms with van der Waals surface area (Å²) in [4.78, 5) is 22.3. The monoisotopic (exact) mass is 271 g/mol. The molecule has 1 unspecified atom stereocenters. The molecule has 0 aromatic carbocycles. The van der Waals surface area contributed by atoms with Crippen LogP contribution in [0.2, 0.25) is 0 Å². The molecule has 1 aliphatic rings. The van der Waals surface area contributed by atoms with Gasteiger partial charge >= 0.3 is 11.7 Å². The Labute approximate surface area is 109 Å². The first kappa shape index (κ1) is 13.2. The van der Waals surface area contributed by atoms with Crippen molar-refractivity contribution in [1.82, 2.24) is 14.8 Å². The second-order valence-electron chi connectivity index (χ2n) is 4.60. The molecule has 0 aliphatic heterocycles. The predicted molar refractivity (Wildman–Crippen MR) is 67.9 cm³/mol. The zero-order valence-electron chi connectivity index (χ0n) is 10.3. The summed E-state index contributed by atoms with van der Waals surface area (Å²) in [5, 5.41) is 15.5. The Bertz CT molecular complexity index is 478. The zero-order chi connectivity index (χ0) is 13.1. The third kappa shape index (κ3) is 3.16. The van der Waals surface area contributed by atoms with Gasteiger partial charge in [0, 0.05) is 6.04 Å². The van der Waals surface area contributed by atoms with Gasteiger partial charge in [-0.15, -0.1) is 5.10 Å². The van der Waals surface area contributed by atoms with Gasteiger partial charge in [-0.3, -0.25) is 9.36 Å². The Morgan fingerprint density at radius 1 is 1.67 bits per heavy atom. The van der Waals surface area contributed by atoms with E-state index >= 15 is 0 Å². The number of hydrogen-bond donors (Lipinski definition) is 2. The van der Waals surface area contributed by atoms with Crippen LogP contribution in [0.3, 0.4) is 0 Å². The number of nitrogens with one attached hydrogen (secondary N) is 1. The summed E-state index contributed by atoms with van der Waals surface area (Å²) >= 11 is 1.09. The first-order chi connectivity index (χ1) is 8.61. The lowest BCUT2D eigenvalue weighted by atomic mass is 10.1. The lowest BCUT2D eigenvalue weighted by Crippen LogP contribution is -2.23. The number of nitrogens with zero attached hydrogens (tertiary/aromatic N) is 2. The number of hydrogen-bond acceptors (Lipinski definition) is 4. The maximum atomic E-state index is 11.8. The first-order valence-electron chi connectivity index (χ1n) is 6.13. The fraction of sp³-hybridized carbons (Fsp3) is 0.727. The van der Waals surface area contributed by atoms with Crippen LogP contribution < -0.4 is 5.69 Å². The van der Waals surface area contributed by atoms with Gasteiger partial charge in [0.05, 0.1) is 5.75 Å². The smallest absolute Gasteiger partial charge is 0.344 e. The molecule has 1 aliphatic carbocycles. The predicted octanol–water partition coefficient (Wildman–Crippen LogP) is 1.50. The molecular formula is C11H17N3O3S. The summed E-state index contributed by atoms with van der Waals surface area (Å²) in [6, 6.07) is 0.125. The highest BCUT2D eigenvalue weighted by atomic mass is 32.2. The highest BCUT2D eigenvalue weighted by Crippen LogP contribution is 2.38. The quantitative estimate of drug-likeness (QED) is 0.734. The normalized spacial score (nSPS) is 16.7. The molecule has 0 bridgehead atoms. The Kier molecular flexibility index (Phi) is 4.11. The molecule has 100 valence electrons. The molecule has 7 heteroatoms. The van der Waals surface area contributed by atoms with E-state index in [9.17, 15) is 9.59 Å². The van der Waals surface area contributed by atoms with Crippen LogP contribution in [0, 0.1) is 5.92 Å². The van der Waals surface area contributed by atoms with Gasteiger partial charge in [0.2, 0.25) is 0 Å². The summed E-state index contributed by atoms with van der Waals surface area (Å²) in [6.45, 7) is 2.04. The van der Waals surface area contributed by atoms with Crippen LogP contribution >= 0.6 is 11.8 Å².